The third kappa shape index (κ3) is 3.71. The molecule has 1 heterocycles. The van der Waals surface area contributed by atoms with E-state index in [2.05, 4.69) is 5.32 Å². The maximum Gasteiger partial charge on any atom is 0.256 e. The molecule has 5 nitrogen and oxygen atoms in total. The molecule has 2 aromatic rings. The van der Waals surface area contributed by atoms with Gasteiger partial charge in [-0.3, -0.25) is 9.59 Å². The lowest BCUT2D eigenvalue weighted by Gasteiger charge is -2.07. The SMILES string of the molecule is CCOc1ccc(C(=O)Nc2sc(C)c(CC)c2C(N)=O)cc1. The second kappa shape index (κ2) is 7.28. The lowest BCUT2D eigenvalue weighted by atomic mass is 10.1. The molecule has 3 N–H and O–H groups in total. The van der Waals surface area contributed by atoms with E-state index in [0.717, 1.165) is 10.4 Å². The van der Waals surface area contributed by atoms with Gasteiger partial charge in [0.05, 0.1) is 12.2 Å². The van der Waals surface area contributed by atoms with Crippen molar-refractivity contribution in [2.45, 2.75) is 27.2 Å². The number of rotatable bonds is 6. The number of primary amides is 1. The van der Waals surface area contributed by atoms with Crippen LogP contribution in [0.5, 0.6) is 5.75 Å². The van der Waals surface area contributed by atoms with Gasteiger partial charge in [0.2, 0.25) is 0 Å². The van der Waals surface area contributed by atoms with Gasteiger partial charge in [0.25, 0.3) is 11.8 Å². The first-order chi connectivity index (χ1) is 11.0. The zero-order valence-corrected chi connectivity index (χ0v) is 14.3. The van der Waals surface area contributed by atoms with Crippen LogP contribution >= 0.6 is 11.3 Å². The summed E-state index contributed by atoms with van der Waals surface area (Å²) < 4.78 is 5.35. The molecule has 2 rings (SSSR count). The molecular weight excluding hydrogens is 312 g/mol. The molecule has 0 aliphatic rings. The highest BCUT2D eigenvalue weighted by atomic mass is 32.1. The molecule has 0 spiro atoms. The van der Waals surface area contributed by atoms with Gasteiger partial charge in [-0.25, -0.2) is 0 Å². The van der Waals surface area contributed by atoms with Crippen LogP contribution in [-0.4, -0.2) is 18.4 Å². The predicted molar refractivity (Wildman–Crippen MR) is 92.5 cm³/mol. The fraction of sp³-hybridized carbons (Fsp3) is 0.294. The van der Waals surface area contributed by atoms with Crippen LogP contribution in [0.15, 0.2) is 24.3 Å². The van der Waals surface area contributed by atoms with E-state index in [1.807, 2.05) is 20.8 Å². The number of carbonyl (C=O) groups is 2. The van der Waals surface area contributed by atoms with E-state index in [1.165, 1.54) is 11.3 Å². The molecule has 122 valence electrons. The molecule has 0 radical (unpaired) electrons. The van der Waals surface area contributed by atoms with E-state index in [4.69, 9.17) is 10.5 Å². The largest absolute Gasteiger partial charge is 0.494 e. The minimum Gasteiger partial charge on any atom is -0.494 e. The maximum atomic E-state index is 12.4. The summed E-state index contributed by atoms with van der Waals surface area (Å²) in [5.74, 6) is -0.0882. The van der Waals surface area contributed by atoms with Crippen molar-refractivity contribution in [1.29, 1.82) is 0 Å². The van der Waals surface area contributed by atoms with E-state index in [9.17, 15) is 9.59 Å². The van der Waals surface area contributed by atoms with Crippen molar-refractivity contribution in [3.05, 3.63) is 45.8 Å². The molecule has 0 unspecified atom stereocenters. The van der Waals surface area contributed by atoms with Gasteiger partial charge < -0.3 is 15.8 Å². The number of amides is 2. The minimum atomic E-state index is -0.520. The summed E-state index contributed by atoms with van der Waals surface area (Å²) in [6.07, 6.45) is 0.694. The molecule has 1 aromatic carbocycles. The van der Waals surface area contributed by atoms with Gasteiger partial charge in [-0.1, -0.05) is 6.92 Å². The van der Waals surface area contributed by atoms with Gasteiger partial charge in [-0.15, -0.1) is 11.3 Å². The van der Waals surface area contributed by atoms with Crippen molar-refractivity contribution in [3.8, 4) is 5.75 Å². The first kappa shape index (κ1) is 17.0. The van der Waals surface area contributed by atoms with Crippen LogP contribution in [0, 0.1) is 6.92 Å². The number of hydrogen-bond donors (Lipinski definition) is 2. The van der Waals surface area contributed by atoms with Crippen LogP contribution in [-0.2, 0) is 6.42 Å². The first-order valence-electron chi connectivity index (χ1n) is 7.44. The Hall–Kier alpha value is -2.34. The summed E-state index contributed by atoms with van der Waals surface area (Å²) in [7, 11) is 0. The summed E-state index contributed by atoms with van der Waals surface area (Å²) in [6.45, 7) is 6.35. The smallest absolute Gasteiger partial charge is 0.256 e. The number of anilines is 1. The van der Waals surface area contributed by atoms with Crippen molar-refractivity contribution in [2.24, 2.45) is 5.73 Å². The van der Waals surface area contributed by atoms with Crippen molar-refractivity contribution in [1.82, 2.24) is 0 Å². The number of nitrogens with one attached hydrogen (secondary N) is 1. The summed E-state index contributed by atoms with van der Waals surface area (Å²) in [4.78, 5) is 25.1. The third-order valence-corrected chi connectivity index (χ3v) is 4.53. The predicted octanol–water partition coefficient (Wildman–Crippen LogP) is 3.37. The Balaban J connectivity index is 2.25. The summed E-state index contributed by atoms with van der Waals surface area (Å²) >= 11 is 1.37. The number of hydrogen-bond acceptors (Lipinski definition) is 4. The molecule has 0 saturated carbocycles. The van der Waals surface area contributed by atoms with E-state index < -0.39 is 5.91 Å². The Bertz CT molecular complexity index is 720. The second-order valence-electron chi connectivity index (χ2n) is 4.97. The van der Waals surface area contributed by atoms with Crippen LogP contribution in [0.1, 0.15) is 45.0 Å². The van der Waals surface area contributed by atoms with E-state index in [0.29, 0.717) is 34.9 Å². The normalized spacial score (nSPS) is 10.4. The topological polar surface area (TPSA) is 81.4 Å². The fourth-order valence-electron chi connectivity index (χ4n) is 2.40. The third-order valence-electron chi connectivity index (χ3n) is 3.46. The maximum absolute atomic E-state index is 12.4. The lowest BCUT2D eigenvalue weighted by Crippen LogP contribution is -2.17. The Morgan fingerprint density at radius 3 is 2.39 bits per heavy atom. The van der Waals surface area contributed by atoms with E-state index in [-0.39, 0.29) is 5.91 Å². The van der Waals surface area contributed by atoms with E-state index in [1.54, 1.807) is 24.3 Å². The number of ether oxygens (including phenoxy) is 1. The number of benzene rings is 1. The molecule has 6 heteroatoms. The zero-order chi connectivity index (χ0) is 17.0. The molecule has 0 atom stereocenters. The molecule has 0 aliphatic carbocycles. The van der Waals surface area contributed by atoms with Crippen molar-refractivity contribution in [3.63, 3.8) is 0 Å². The molecule has 0 saturated heterocycles. The standard InChI is InChI=1S/C17H20N2O3S/c1-4-13-10(3)23-17(14(13)15(18)20)19-16(21)11-6-8-12(9-7-11)22-5-2/h6-9H,4-5H2,1-3H3,(H2,18,20)(H,19,21). The Morgan fingerprint density at radius 2 is 1.87 bits per heavy atom. The van der Waals surface area contributed by atoms with Crippen LogP contribution < -0.4 is 15.8 Å². The van der Waals surface area contributed by atoms with Crippen molar-refractivity contribution < 1.29 is 14.3 Å². The summed E-state index contributed by atoms with van der Waals surface area (Å²) in [6, 6.07) is 6.85. The highest BCUT2D eigenvalue weighted by molar-refractivity contribution is 7.16. The number of aryl methyl sites for hydroxylation is 1. The van der Waals surface area contributed by atoms with Crippen LogP contribution in [0.2, 0.25) is 0 Å². The Morgan fingerprint density at radius 1 is 1.22 bits per heavy atom. The molecule has 0 fully saturated rings. The average molecular weight is 332 g/mol. The Labute approximate surface area is 139 Å². The number of thiophene rings is 1. The molecule has 1 aromatic heterocycles. The second-order valence-corrected chi connectivity index (χ2v) is 6.19. The molecular formula is C17H20N2O3S. The monoisotopic (exact) mass is 332 g/mol. The lowest BCUT2D eigenvalue weighted by molar-refractivity contribution is 0.100. The first-order valence-corrected chi connectivity index (χ1v) is 8.25. The summed E-state index contributed by atoms with van der Waals surface area (Å²) in [5.41, 5.74) is 7.27. The van der Waals surface area contributed by atoms with Gasteiger partial charge in [0.1, 0.15) is 10.8 Å². The van der Waals surface area contributed by atoms with Crippen molar-refractivity contribution >= 4 is 28.2 Å². The van der Waals surface area contributed by atoms with Gasteiger partial charge in [-0.2, -0.15) is 0 Å². The molecule has 0 bridgehead atoms. The quantitative estimate of drug-likeness (QED) is 0.851. The zero-order valence-electron chi connectivity index (χ0n) is 13.4. The highest BCUT2D eigenvalue weighted by Crippen LogP contribution is 2.33. The van der Waals surface area contributed by atoms with Crippen LogP contribution in [0.25, 0.3) is 0 Å². The van der Waals surface area contributed by atoms with Gasteiger partial charge in [-0.05, 0) is 50.1 Å². The number of nitrogens with two attached hydrogens (primary N) is 1. The molecule has 2 amide bonds. The van der Waals surface area contributed by atoms with Crippen molar-refractivity contribution in [2.75, 3.05) is 11.9 Å². The van der Waals surface area contributed by atoms with Crippen LogP contribution in [0.3, 0.4) is 0 Å². The van der Waals surface area contributed by atoms with Crippen LogP contribution in [0.4, 0.5) is 5.00 Å². The molecule has 23 heavy (non-hydrogen) atoms. The minimum absolute atomic E-state index is 0.278. The fourth-order valence-corrected chi connectivity index (χ4v) is 3.54. The molecule has 0 aliphatic heterocycles. The van der Waals surface area contributed by atoms with Gasteiger partial charge in [0, 0.05) is 10.4 Å². The van der Waals surface area contributed by atoms with Gasteiger partial charge in [0.15, 0.2) is 0 Å². The average Bonchev–Trinajstić information content (AvgIpc) is 2.83. The highest BCUT2D eigenvalue weighted by Gasteiger charge is 2.20. The summed E-state index contributed by atoms with van der Waals surface area (Å²) in [5, 5.41) is 3.30. The van der Waals surface area contributed by atoms with E-state index >= 15 is 0 Å². The van der Waals surface area contributed by atoms with Gasteiger partial charge >= 0.3 is 0 Å². The Kier molecular flexibility index (Phi) is 5.39. The number of carbonyl (C=O) groups excluding carboxylic acids is 2.